The summed E-state index contributed by atoms with van der Waals surface area (Å²) in [6, 6.07) is 14.9. The van der Waals surface area contributed by atoms with Crippen LogP contribution in [0.3, 0.4) is 0 Å². The molecule has 3 atom stereocenters. The van der Waals surface area contributed by atoms with Crippen molar-refractivity contribution < 1.29 is 19.7 Å². The van der Waals surface area contributed by atoms with Crippen molar-refractivity contribution >= 4 is 0 Å². The molecule has 0 saturated carbocycles. The first-order valence-corrected chi connectivity index (χ1v) is 8.19. The molecule has 0 radical (unpaired) electrons. The molecule has 24 heavy (non-hydrogen) atoms. The lowest BCUT2D eigenvalue weighted by atomic mass is 10.1. The summed E-state index contributed by atoms with van der Waals surface area (Å²) in [5.74, 6) is 1.59. The standard InChI is InChI=1S/C19H23NO4/c1-13(10-14-6-8-15(21)9-7-14)20-11-19-16(22)12-23-17-4-2-3-5-18(17)24-19/h2-9,13,16,19-22H,10-12H2,1H3/t13?,16?,19-/m1/s1. The maximum absolute atomic E-state index is 10.2. The molecule has 5 nitrogen and oxygen atoms in total. The lowest BCUT2D eigenvalue weighted by Gasteiger charge is -2.23. The molecular weight excluding hydrogens is 306 g/mol. The molecule has 0 aromatic heterocycles. The first-order valence-electron chi connectivity index (χ1n) is 8.19. The number of hydrogen-bond acceptors (Lipinski definition) is 5. The Morgan fingerprint density at radius 2 is 1.83 bits per heavy atom. The monoisotopic (exact) mass is 329 g/mol. The summed E-state index contributed by atoms with van der Waals surface area (Å²) in [5, 5.41) is 23.0. The minimum Gasteiger partial charge on any atom is -0.508 e. The number of fused-ring (bicyclic) bond motifs is 1. The topological polar surface area (TPSA) is 71.0 Å². The molecule has 2 aromatic carbocycles. The van der Waals surface area contributed by atoms with E-state index in [1.54, 1.807) is 12.1 Å². The normalized spacial score (nSPS) is 21.1. The summed E-state index contributed by atoms with van der Waals surface area (Å²) in [4.78, 5) is 0. The van der Waals surface area contributed by atoms with E-state index in [4.69, 9.17) is 9.47 Å². The molecule has 1 aliphatic heterocycles. The summed E-state index contributed by atoms with van der Waals surface area (Å²) in [6.45, 7) is 2.83. The Kier molecular flexibility index (Phi) is 5.23. The first kappa shape index (κ1) is 16.6. The average Bonchev–Trinajstić information content (AvgIpc) is 2.74. The molecular formula is C19H23NO4. The van der Waals surface area contributed by atoms with Crippen LogP contribution in [0.2, 0.25) is 0 Å². The SMILES string of the molecule is CC(Cc1ccc(O)cc1)NC[C@H]1Oc2ccccc2OCC1O. The molecule has 0 amide bonds. The van der Waals surface area contributed by atoms with Crippen molar-refractivity contribution in [1.29, 1.82) is 0 Å². The molecule has 1 aliphatic rings. The van der Waals surface area contributed by atoms with Gasteiger partial charge in [0, 0.05) is 12.6 Å². The summed E-state index contributed by atoms with van der Waals surface area (Å²) >= 11 is 0. The number of hydrogen-bond donors (Lipinski definition) is 3. The van der Waals surface area contributed by atoms with E-state index in [2.05, 4.69) is 12.2 Å². The zero-order valence-electron chi connectivity index (χ0n) is 13.7. The predicted octanol–water partition coefficient (Wildman–Crippen LogP) is 2.11. The van der Waals surface area contributed by atoms with Gasteiger partial charge in [0.2, 0.25) is 0 Å². The maximum Gasteiger partial charge on any atom is 0.161 e. The Morgan fingerprint density at radius 3 is 2.58 bits per heavy atom. The number of para-hydroxylation sites is 2. The van der Waals surface area contributed by atoms with E-state index in [0.29, 0.717) is 18.0 Å². The number of phenolic OH excluding ortho intramolecular Hbond substituents is 1. The van der Waals surface area contributed by atoms with Gasteiger partial charge in [-0.1, -0.05) is 24.3 Å². The average molecular weight is 329 g/mol. The summed E-state index contributed by atoms with van der Waals surface area (Å²) in [7, 11) is 0. The van der Waals surface area contributed by atoms with Crippen LogP contribution in [-0.2, 0) is 6.42 Å². The Bertz CT molecular complexity index is 659. The van der Waals surface area contributed by atoms with Crippen LogP contribution < -0.4 is 14.8 Å². The number of aliphatic hydroxyl groups is 1. The fourth-order valence-corrected chi connectivity index (χ4v) is 2.74. The highest BCUT2D eigenvalue weighted by molar-refractivity contribution is 5.40. The number of aliphatic hydroxyl groups excluding tert-OH is 1. The fraction of sp³-hybridized carbons (Fsp3) is 0.368. The minimum atomic E-state index is -0.689. The van der Waals surface area contributed by atoms with E-state index >= 15 is 0 Å². The van der Waals surface area contributed by atoms with Gasteiger partial charge in [0.1, 0.15) is 24.6 Å². The highest BCUT2D eigenvalue weighted by Gasteiger charge is 2.27. The third-order valence-corrected chi connectivity index (χ3v) is 4.11. The van der Waals surface area contributed by atoms with E-state index in [1.807, 2.05) is 36.4 Å². The van der Waals surface area contributed by atoms with Gasteiger partial charge in [0.25, 0.3) is 0 Å². The highest BCUT2D eigenvalue weighted by Crippen LogP contribution is 2.30. The number of phenols is 1. The van der Waals surface area contributed by atoms with Gasteiger partial charge in [-0.05, 0) is 43.2 Å². The number of benzene rings is 2. The Hall–Kier alpha value is -2.24. The second-order valence-corrected chi connectivity index (χ2v) is 6.16. The first-order chi connectivity index (χ1) is 11.6. The van der Waals surface area contributed by atoms with Crippen molar-refractivity contribution in [2.24, 2.45) is 0 Å². The predicted molar refractivity (Wildman–Crippen MR) is 91.6 cm³/mol. The molecule has 0 aliphatic carbocycles. The van der Waals surface area contributed by atoms with E-state index in [-0.39, 0.29) is 24.5 Å². The van der Waals surface area contributed by atoms with Gasteiger partial charge < -0.3 is 25.0 Å². The molecule has 128 valence electrons. The molecule has 3 rings (SSSR count). The molecule has 2 aromatic rings. The van der Waals surface area contributed by atoms with Crippen LogP contribution in [0.25, 0.3) is 0 Å². The van der Waals surface area contributed by atoms with Crippen molar-refractivity contribution in [3.63, 3.8) is 0 Å². The molecule has 1 heterocycles. The van der Waals surface area contributed by atoms with Crippen molar-refractivity contribution in [3.8, 4) is 17.2 Å². The van der Waals surface area contributed by atoms with Crippen LogP contribution in [0.4, 0.5) is 0 Å². The Balaban J connectivity index is 1.56. The van der Waals surface area contributed by atoms with Gasteiger partial charge in [0.15, 0.2) is 11.5 Å². The van der Waals surface area contributed by atoms with E-state index < -0.39 is 6.10 Å². The second kappa shape index (κ2) is 7.55. The number of ether oxygens (including phenoxy) is 2. The minimum absolute atomic E-state index is 0.213. The largest absolute Gasteiger partial charge is 0.508 e. The quantitative estimate of drug-likeness (QED) is 0.784. The molecule has 0 spiro atoms. The maximum atomic E-state index is 10.2. The van der Waals surface area contributed by atoms with Gasteiger partial charge >= 0.3 is 0 Å². The zero-order valence-corrected chi connectivity index (χ0v) is 13.7. The summed E-state index contributed by atoms with van der Waals surface area (Å²) in [5.41, 5.74) is 1.14. The number of aromatic hydroxyl groups is 1. The smallest absolute Gasteiger partial charge is 0.161 e. The summed E-state index contributed by atoms with van der Waals surface area (Å²) < 4.78 is 11.5. The molecule has 0 fully saturated rings. The van der Waals surface area contributed by atoms with Crippen molar-refractivity contribution in [3.05, 3.63) is 54.1 Å². The van der Waals surface area contributed by atoms with Crippen molar-refractivity contribution in [2.75, 3.05) is 13.2 Å². The zero-order chi connectivity index (χ0) is 16.9. The van der Waals surface area contributed by atoms with Gasteiger partial charge in [-0.15, -0.1) is 0 Å². The van der Waals surface area contributed by atoms with Crippen LogP contribution in [0.1, 0.15) is 12.5 Å². The Labute approximate surface area is 141 Å². The van der Waals surface area contributed by atoms with Crippen molar-refractivity contribution in [1.82, 2.24) is 5.32 Å². The molecule has 0 bridgehead atoms. The summed E-state index contributed by atoms with van der Waals surface area (Å²) in [6.07, 6.45) is -0.224. The fourth-order valence-electron chi connectivity index (χ4n) is 2.74. The van der Waals surface area contributed by atoms with E-state index in [0.717, 1.165) is 12.0 Å². The molecule has 5 heteroatoms. The Morgan fingerprint density at radius 1 is 1.12 bits per heavy atom. The van der Waals surface area contributed by atoms with Crippen LogP contribution >= 0.6 is 0 Å². The number of rotatable bonds is 5. The molecule has 3 N–H and O–H groups in total. The third kappa shape index (κ3) is 4.19. The van der Waals surface area contributed by atoms with Crippen LogP contribution in [-0.4, -0.2) is 41.6 Å². The molecule has 2 unspecified atom stereocenters. The van der Waals surface area contributed by atoms with E-state index in [1.165, 1.54) is 0 Å². The van der Waals surface area contributed by atoms with Gasteiger partial charge in [-0.25, -0.2) is 0 Å². The lowest BCUT2D eigenvalue weighted by molar-refractivity contribution is 0.0218. The lowest BCUT2D eigenvalue weighted by Crippen LogP contribution is -2.45. The van der Waals surface area contributed by atoms with Crippen LogP contribution in [0, 0.1) is 0 Å². The van der Waals surface area contributed by atoms with E-state index in [9.17, 15) is 10.2 Å². The van der Waals surface area contributed by atoms with Crippen molar-refractivity contribution in [2.45, 2.75) is 31.6 Å². The van der Waals surface area contributed by atoms with Gasteiger partial charge in [-0.2, -0.15) is 0 Å². The van der Waals surface area contributed by atoms with Crippen LogP contribution in [0.15, 0.2) is 48.5 Å². The number of nitrogens with one attached hydrogen (secondary N) is 1. The highest BCUT2D eigenvalue weighted by atomic mass is 16.6. The molecule has 0 saturated heterocycles. The third-order valence-electron chi connectivity index (χ3n) is 4.11. The van der Waals surface area contributed by atoms with Gasteiger partial charge in [0.05, 0.1) is 0 Å². The van der Waals surface area contributed by atoms with Gasteiger partial charge in [-0.3, -0.25) is 0 Å². The van der Waals surface area contributed by atoms with Crippen LogP contribution in [0.5, 0.6) is 17.2 Å². The second-order valence-electron chi connectivity index (χ2n) is 6.16.